The average Bonchev–Trinajstić information content (AvgIpc) is 3.14. The molecule has 0 saturated carbocycles. The Morgan fingerprint density at radius 2 is 1.07 bits per heavy atom. The van der Waals surface area contributed by atoms with Gasteiger partial charge in [-0.25, -0.2) is 0 Å². The zero-order chi connectivity index (χ0) is 19.7. The van der Waals surface area contributed by atoms with Gasteiger partial charge in [0.15, 0.2) is 0 Å². The molecule has 0 fully saturated rings. The Morgan fingerprint density at radius 1 is 0.367 bits per heavy atom. The van der Waals surface area contributed by atoms with E-state index in [-0.39, 0.29) is 0 Å². The maximum Gasteiger partial charge on any atom is -0.00195 e. The SMILES string of the molecule is c1ccc(-c2cccc3c2-c2cccc4c2c-3cc2ccc3ccccc3c24)cc1. The topological polar surface area (TPSA) is 0 Å². The minimum absolute atomic E-state index is 1.27. The molecule has 0 unspecified atom stereocenters. The second-order valence-electron chi connectivity index (χ2n) is 8.13. The lowest BCUT2D eigenvalue weighted by molar-refractivity contribution is 1.62. The lowest BCUT2D eigenvalue weighted by Crippen LogP contribution is -1.84. The van der Waals surface area contributed by atoms with Crippen molar-refractivity contribution in [1.29, 1.82) is 0 Å². The fraction of sp³-hybridized carbons (Fsp3) is 0. The van der Waals surface area contributed by atoms with Crippen molar-refractivity contribution in [3.63, 3.8) is 0 Å². The summed E-state index contributed by atoms with van der Waals surface area (Å²) in [6.45, 7) is 0. The van der Waals surface area contributed by atoms with Crippen molar-refractivity contribution in [2.24, 2.45) is 0 Å². The molecular formula is C30H18. The molecule has 6 aromatic carbocycles. The second kappa shape index (κ2) is 5.81. The number of hydrogen-bond donors (Lipinski definition) is 0. The van der Waals surface area contributed by atoms with Gasteiger partial charge < -0.3 is 0 Å². The van der Waals surface area contributed by atoms with Crippen LogP contribution in [0.1, 0.15) is 0 Å². The molecule has 0 aromatic heterocycles. The van der Waals surface area contributed by atoms with Crippen molar-refractivity contribution in [3.8, 4) is 33.4 Å². The average molecular weight is 378 g/mol. The molecule has 0 saturated heterocycles. The van der Waals surface area contributed by atoms with Crippen LogP contribution >= 0.6 is 0 Å². The van der Waals surface area contributed by atoms with Crippen LogP contribution in [0, 0.1) is 0 Å². The molecule has 138 valence electrons. The molecule has 0 spiro atoms. The summed E-state index contributed by atoms with van der Waals surface area (Å²) in [5, 5.41) is 8.05. The summed E-state index contributed by atoms with van der Waals surface area (Å²) in [7, 11) is 0. The fourth-order valence-corrected chi connectivity index (χ4v) is 5.33. The summed E-state index contributed by atoms with van der Waals surface area (Å²) in [6, 6.07) is 39.9. The van der Waals surface area contributed by atoms with Crippen LogP contribution in [0.3, 0.4) is 0 Å². The quantitative estimate of drug-likeness (QED) is 0.251. The summed E-state index contributed by atoms with van der Waals surface area (Å²) >= 11 is 0. The highest BCUT2D eigenvalue weighted by molar-refractivity contribution is 6.29. The molecule has 1 aliphatic rings. The summed E-state index contributed by atoms with van der Waals surface area (Å²) in [4.78, 5) is 0. The molecule has 6 aromatic rings. The van der Waals surface area contributed by atoms with Crippen molar-refractivity contribution in [3.05, 3.63) is 109 Å². The monoisotopic (exact) mass is 378 g/mol. The highest BCUT2D eigenvalue weighted by Crippen LogP contribution is 2.53. The molecule has 7 rings (SSSR count). The first kappa shape index (κ1) is 16.0. The molecule has 0 nitrogen and oxygen atoms in total. The first-order valence-electron chi connectivity index (χ1n) is 10.5. The van der Waals surface area contributed by atoms with Crippen LogP contribution in [0.5, 0.6) is 0 Å². The number of fused-ring (bicyclic) bond motifs is 7. The third-order valence-corrected chi connectivity index (χ3v) is 6.57. The predicted octanol–water partition coefficient (Wildman–Crippen LogP) is 8.46. The van der Waals surface area contributed by atoms with E-state index in [1.807, 2.05) is 0 Å². The highest BCUT2D eigenvalue weighted by atomic mass is 14.3. The van der Waals surface area contributed by atoms with E-state index in [0.717, 1.165) is 0 Å². The highest BCUT2D eigenvalue weighted by Gasteiger charge is 2.25. The van der Waals surface area contributed by atoms with E-state index in [0.29, 0.717) is 0 Å². The first-order chi connectivity index (χ1) is 14.9. The molecular weight excluding hydrogens is 360 g/mol. The van der Waals surface area contributed by atoms with Gasteiger partial charge in [0.25, 0.3) is 0 Å². The van der Waals surface area contributed by atoms with E-state index >= 15 is 0 Å². The van der Waals surface area contributed by atoms with Gasteiger partial charge in [-0.1, -0.05) is 103 Å². The van der Waals surface area contributed by atoms with Gasteiger partial charge in [0.05, 0.1) is 0 Å². The maximum atomic E-state index is 2.40. The van der Waals surface area contributed by atoms with Crippen molar-refractivity contribution in [2.45, 2.75) is 0 Å². The molecule has 0 atom stereocenters. The Bertz CT molecular complexity index is 1620. The van der Waals surface area contributed by atoms with Crippen LogP contribution in [0.15, 0.2) is 109 Å². The molecule has 0 aliphatic heterocycles. The lowest BCUT2D eigenvalue weighted by Gasteiger charge is -2.10. The predicted molar refractivity (Wildman–Crippen MR) is 129 cm³/mol. The summed E-state index contributed by atoms with van der Waals surface area (Å²) in [5.41, 5.74) is 8.00. The lowest BCUT2D eigenvalue weighted by atomic mass is 9.93. The standard InChI is InChI=1S/C30H18/c1-2-8-19(9-3-1)23-12-6-13-24-27-18-21-17-16-20-10-4-5-11-22(20)28(21)25-14-7-15-26(29(23)24)30(25)27/h1-18H. The fourth-order valence-electron chi connectivity index (χ4n) is 5.33. The third kappa shape index (κ3) is 2.00. The molecule has 30 heavy (non-hydrogen) atoms. The van der Waals surface area contributed by atoms with Crippen molar-refractivity contribution in [1.82, 2.24) is 0 Å². The number of hydrogen-bond acceptors (Lipinski definition) is 0. The summed E-state index contributed by atoms with van der Waals surface area (Å²) in [6.07, 6.45) is 0. The van der Waals surface area contributed by atoms with E-state index < -0.39 is 0 Å². The van der Waals surface area contributed by atoms with Gasteiger partial charge in [0, 0.05) is 0 Å². The molecule has 0 heterocycles. The molecule has 0 amide bonds. The maximum absolute atomic E-state index is 2.40. The van der Waals surface area contributed by atoms with Gasteiger partial charge in [-0.3, -0.25) is 0 Å². The number of benzene rings is 6. The second-order valence-corrected chi connectivity index (χ2v) is 8.13. The van der Waals surface area contributed by atoms with Gasteiger partial charge >= 0.3 is 0 Å². The zero-order valence-electron chi connectivity index (χ0n) is 16.4. The van der Waals surface area contributed by atoms with Crippen molar-refractivity contribution in [2.75, 3.05) is 0 Å². The zero-order valence-corrected chi connectivity index (χ0v) is 16.4. The van der Waals surface area contributed by atoms with Crippen LogP contribution in [-0.2, 0) is 0 Å². The molecule has 0 N–H and O–H groups in total. The normalized spacial score (nSPS) is 12.0. The Balaban J connectivity index is 1.67. The van der Waals surface area contributed by atoms with Crippen LogP contribution in [-0.4, -0.2) is 0 Å². The molecule has 0 heteroatoms. The first-order valence-corrected chi connectivity index (χ1v) is 10.5. The molecule has 1 aliphatic carbocycles. The number of rotatable bonds is 1. The largest absolute Gasteiger partial charge is 0.0622 e. The van der Waals surface area contributed by atoms with Gasteiger partial charge in [0.2, 0.25) is 0 Å². The van der Waals surface area contributed by atoms with E-state index in [1.165, 1.54) is 65.7 Å². The van der Waals surface area contributed by atoms with Gasteiger partial charge in [-0.2, -0.15) is 0 Å². The molecule has 0 bridgehead atoms. The van der Waals surface area contributed by atoms with Crippen molar-refractivity contribution < 1.29 is 0 Å². The van der Waals surface area contributed by atoms with Crippen LogP contribution < -0.4 is 0 Å². The Hall–Kier alpha value is -3.90. The summed E-state index contributed by atoms with van der Waals surface area (Å²) < 4.78 is 0. The van der Waals surface area contributed by atoms with E-state index in [1.54, 1.807) is 0 Å². The smallest absolute Gasteiger partial charge is 0.00195 e. The van der Waals surface area contributed by atoms with E-state index in [9.17, 15) is 0 Å². The van der Waals surface area contributed by atoms with Gasteiger partial charge in [-0.15, -0.1) is 0 Å². The van der Waals surface area contributed by atoms with Crippen LogP contribution in [0.4, 0.5) is 0 Å². The van der Waals surface area contributed by atoms with Gasteiger partial charge in [-0.05, 0) is 71.8 Å². The van der Waals surface area contributed by atoms with E-state index in [2.05, 4.69) is 109 Å². The third-order valence-electron chi connectivity index (χ3n) is 6.57. The van der Waals surface area contributed by atoms with Crippen molar-refractivity contribution >= 4 is 32.3 Å². The summed E-state index contributed by atoms with van der Waals surface area (Å²) in [5.74, 6) is 0. The Kier molecular flexibility index (Phi) is 3.09. The molecule has 0 radical (unpaired) electrons. The Morgan fingerprint density at radius 3 is 2.00 bits per heavy atom. The minimum atomic E-state index is 1.27. The minimum Gasteiger partial charge on any atom is -0.0622 e. The van der Waals surface area contributed by atoms with E-state index in [4.69, 9.17) is 0 Å². The van der Waals surface area contributed by atoms with Gasteiger partial charge in [0.1, 0.15) is 0 Å². The Labute approximate surface area is 175 Å². The van der Waals surface area contributed by atoms with Crippen LogP contribution in [0.2, 0.25) is 0 Å². The van der Waals surface area contributed by atoms with Crippen LogP contribution in [0.25, 0.3) is 65.7 Å².